The second-order valence-electron chi connectivity index (χ2n) is 7.16. The lowest BCUT2D eigenvalue weighted by atomic mass is 10.1. The van der Waals surface area contributed by atoms with Gasteiger partial charge in [0.15, 0.2) is 5.78 Å². The Morgan fingerprint density at radius 2 is 2.03 bits per heavy atom. The number of ketones is 1. The minimum absolute atomic E-state index is 0.0564. The lowest BCUT2D eigenvalue weighted by Gasteiger charge is -2.11. The summed E-state index contributed by atoms with van der Waals surface area (Å²) in [5.41, 5.74) is 3.14. The molecule has 2 aromatic heterocycles. The van der Waals surface area contributed by atoms with Crippen LogP contribution in [0.3, 0.4) is 0 Å². The van der Waals surface area contributed by atoms with Crippen LogP contribution in [-0.2, 0) is 11.2 Å². The number of benzene rings is 1. The Labute approximate surface area is 201 Å². The van der Waals surface area contributed by atoms with Crippen LogP contribution in [0.2, 0.25) is 5.02 Å². The number of hydrogen-bond donors (Lipinski definition) is 1. The molecule has 168 valence electrons. The van der Waals surface area contributed by atoms with E-state index in [-0.39, 0.29) is 17.8 Å². The normalized spacial score (nSPS) is 14.5. The minimum Gasteiger partial charge on any atom is -0.486 e. The molecule has 32 heavy (non-hydrogen) atoms. The second kappa shape index (κ2) is 10.9. The van der Waals surface area contributed by atoms with Gasteiger partial charge in [-0.2, -0.15) is 0 Å². The highest BCUT2D eigenvalue weighted by atomic mass is 35.5. The number of ether oxygens (including phenoxy) is 1. The van der Waals surface area contributed by atoms with E-state index in [0.29, 0.717) is 23.7 Å². The molecule has 1 aromatic carbocycles. The predicted octanol–water partition coefficient (Wildman–Crippen LogP) is 6.80. The summed E-state index contributed by atoms with van der Waals surface area (Å²) >= 11 is 9.52. The number of Topliss-reactive ketones (excluding diaryl/α,β-unsaturated/α-hetero) is 1. The zero-order chi connectivity index (χ0) is 23.3. The molecule has 1 atom stereocenters. The van der Waals surface area contributed by atoms with E-state index in [1.165, 1.54) is 11.3 Å². The monoisotopic (exact) mass is 487 g/mol. The fraction of sp³-hybridized carbons (Fsp3) is 0.280. The molecule has 0 saturated carbocycles. The van der Waals surface area contributed by atoms with Crippen LogP contribution in [0.4, 0.5) is 0 Å². The fourth-order valence-corrected chi connectivity index (χ4v) is 5.30. The average Bonchev–Trinajstić information content (AvgIpc) is 3.51. The van der Waals surface area contributed by atoms with Crippen molar-refractivity contribution in [1.82, 2.24) is 5.32 Å². The molecule has 4 rings (SSSR count). The number of rotatable bonds is 6. The second-order valence-corrected chi connectivity index (χ2v) is 9.60. The largest absolute Gasteiger partial charge is 0.486 e. The highest BCUT2D eigenvalue weighted by molar-refractivity contribution is 7.17. The van der Waals surface area contributed by atoms with Gasteiger partial charge in [-0.05, 0) is 66.8 Å². The van der Waals surface area contributed by atoms with Crippen LogP contribution in [0.25, 0.3) is 16.5 Å². The molecule has 3 aromatic rings. The maximum absolute atomic E-state index is 12.1. The molecular formula is C25H26ClNO3S2. The third-order valence-corrected chi connectivity index (χ3v) is 7.38. The number of thiophene rings is 2. The number of aryl methyl sites for hydroxylation is 1. The van der Waals surface area contributed by atoms with Gasteiger partial charge >= 0.3 is 0 Å². The van der Waals surface area contributed by atoms with Crippen molar-refractivity contribution in [2.75, 3.05) is 6.54 Å². The van der Waals surface area contributed by atoms with E-state index in [1.54, 1.807) is 24.3 Å². The summed E-state index contributed by atoms with van der Waals surface area (Å²) in [6.45, 7) is 7.99. The van der Waals surface area contributed by atoms with Crippen LogP contribution in [0.5, 0.6) is 5.75 Å². The van der Waals surface area contributed by atoms with Crippen LogP contribution in [0, 0.1) is 6.92 Å². The first-order valence-electron chi connectivity index (χ1n) is 10.5. The van der Waals surface area contributed by atoms with Gasteiger partial charge in [-0.1, -0.05) is 25.4 Å². The van der Waals surface area contributed by atoms with Gasteiger partial charge in [-0.15, -0.1) is 22.7 Å². The van der Waals surface area contributed by atoms with E-state index in [0.717, 1.165) is 31.3 Å². The third-order valence-electron chi connectivity index (χ3n) is 4.88. The zero-order valence-corrected chi connectivity index (χ0v) is 20.9. The number of amides is 1. The molecule has 3 heterocycles. The minimum atomic E-state index is -0.162. The Balaban J connectivity index is 0.00000141. The Hall–Kier alpha value is -2.41. The van der Waals surface area contributed by atoms with Gasteiger partial charge in [-0.3, -0.25) is 9.59 Å². The Kier molecular flexibility index (Phi) is 8.29. The van der Waals surface area contributed by atoms with E-state index in [4.69, 9.17) is 16.3 Å². The molecular weight excluding hydrogens is 462 g/mol. The maximum Gasteiger partial charge on any atom is 0.244 e. The number of fused-ring (bicyclic) bond motifs is 1. The van der Waals surface area contributed by atoms with Crippen LogP contribution in [-0.4, -0.2) is 24.3 Å². The van der Waals surface area contributed by atoms with E-state index in [9.17, 15) is 9.59 Å². The van der Waals surface area contributed by atoms with Gasteiger partial charge in [-0.25, -0.2) is 0 Å². The number of carbonyl (C=O) groups excluding carboxylic acids is 2. The van der Waals surface area contributed by atoms with Gasteiger partial charge in [0.2, 0.25) is 5.91 Å². The molecule has 1 aliphatic rings. The van der Waals surface area contributed by atoms with Crippen LogP contribution in [0.1, 0.15) is 46.4 Å². The van der Waals surface area contributed by atoms with Crippen molar-refractivity contribution in [3.05, 3.63) is 67.7 Å². The van der Waals surface area contributed by atoms with Crippen molar-refractivity contribution < 1.29 is 14.3 Å². The number of carbonyl (C=O) groups is 2. The summed E-state index contributed by atoms with van der Waals surface area (Å²) in [5, 5.41) is 5.45. The highest BCUT2D eigenvalue weighted by Gasteiger charge is 2.26. The molecule has 1 unspecified atom stereocenters. The van der Waals surface area contributed by atoms with Crippen LogP contribution < -0.4 is 10.1 Å². The molecule has 0 spiro atoms. The number of hydrogen-bond acceptors (Lipinski definition) is 5. The lowest BCUT2D eigenvalue weighted by Crippen LogP contribution is -2.33. The first-order valence-corrected chi connectivity index (χ1v) is 12.6. The summed E-state index contributed by atoms with van der Waals surface area (Å²) in [5.74, 6) is 0.582. The predicted molar refractivity (Wildman–Crippen MR) is 135 cm³/mol. The SMILES string of the molecule is CC.CC(=O)c1ccc(-c2cc(Cl)c3c(c2)CC(CNC(=O)/C=C/c2sccc2C)O3)s1. The molecule has 0 bridgehead atoms. The summed E-state index contributed by atoms with van der Waals surface area (Å²) in [6.07, 6.45) is 3.89. The molecule has 0 aliphatic carbocycles. The standard InChI is InChI=1S/C23H20ClNO3S2.C2H6/c1-13-7-8-29-19(13)5-6-22(27)25-12-17-10-16-9-15(11-18(24)23(16)28-17)21-4-3-20(30-21)14(2)26;1-2/h3-9,11,17H,10,12H2,1-2H3,(H,25,27);1-2H3/b6-5+;. The van der Waals surface area contributed by atoms with Gasteiger partial charge in [0.25, 0.3) is 0 Å². The molecule has 1 aliphatic heterocycles. The van der Waals surface area contributed by atoms with E-state index < -0.39 is 0 Å². The lowest BCUT2D eigenvalue weighted by molar-refractivity contribution is -0.116. The van der Waals surface area contributed by atoms with E-state index >= 15 is 0 Å². The fourth-order valence-electron chi connectivity index (χ4n) is 3.31. The summed E-state index contributed by atoms with van der Waals surface area (Å²) < 4.78 is 5.97. The van der Waals surface area contributed by atoms with Crippen LogP contribution >= 0.6 is 34.3 Å². The van der Waals surface area contributed by atoms with E-state index in [1.807, 2.05) is 56.5 Å². The van der Waals surface area contributed by atoms with E-state index in [2.05, 4.69) is 11.4 Å². The average molecular weight is 488 g/mol. The Morgan fingerprint density at radius 3 is 2.69 bits per heavy atom. The summed E-state index contributed by atoms with van der Waals surface area (Å²) in [4.78, 5) is 26.5. The summed E-state index contributed by atoms with van der Waals surface area (Å²) in [7, 11) is 0. The smallest absolute Gasteiger partial charge is 0.244 e. The first-order chi connectivity index (χ1) is 15.4. The molecule has 4 nitrogen and oxygen atoms in total. The summed E-state index contributed by atoms with van der Waals surface area (Å²) in [6, 6.07) is 9.72. The van der Waals surface area contributed by atoms with Crippen molar-refractivity contribution in [1.29, 1.82) is 0 Å². The van der Waals surface area contributed by atoms with Crippen molar-refractivity contribution in [3.8, 4) is 16.2 Å². The van der Waals surface area contributed by atoms with Crippen molar-refractivity contribution in [2.45, 2.75) is 40.2 Å². The zero-order valence-electron chi connectivity index (χ0n) is 18.5. The first kappa shape index (κ1) is 24.2. The Morgan fingerprint density at radius 1 is 1.25 bits per heavy atom. The molecule has 7 heteroatoms. The number of halogens is 1. The van der Waals surface area contributed by atoms with Gasteiger partial charge in [0.05, 0.1) is 16.4 Å². The van der Waals surface area contributed by atoms with Gasteiger partial charge in [0.1, 0.15) is 11.9 Å². The third kappa shape index (κ3) is 5.68. The molecule has 0 saturated heterocycles. The maximum atomic E-state index is 12.1. The number of nitrogens with one attached hydrogen (secondary N) is 1. The van der Waals surface area contributed by atoms with Crippen molar-refractivity contribution in [3.63, 3.8) is 0 Å². The molecule has 0 radical (unpaired) electrons. The molecule has 1 N–H and O–H groups in total. The molecule has 0 fully saturated rings. The topological polar surface area (TPSA) is 55.4 Å². The van der Waals surface area contributed by atoms with Gasteiger partial charge in [0, 0.05) is 27.8 Å². The van der Waals surface area contributed by atoms with Gasteiger partial charge < -0.3 is 10.1 Å². The van der Waals surface area contributed by atoms with Crippen molar-refractivity contribution >= 4 is 52.0 Å². The highest BCUT2D eigenvalue weighted by Crippen LogP contribution is 2.41. The molecule has 1 amide bonds. The quantitative estimate of drug-likeness (QED) is 0.307. The van der Waals surface area contributed by atoms with Crippen molar-refractivity contribution in [2.24, 2.45) is 0 Å². The van der Waals surface area contributed by atoms with Crippen LogP contribution in [0.15, 0.2) is 41.8 Å². The Bertz CT molecular complexity index is 1150.